The molecule has 0 radical (unpaired) electrons. The van der Waals surface area contributed by atoms with Gasteiger partial charge in [-0.15, -0.1) is 0 Å². The lowest BCUT2D eigenvalue weighted by atomic mass is 9.84. The Morgan fingerprint density at radius 3 is 2.36 bits per heavy atom. The molecule has 0 aliphatic carbocycles. The van der Waals surface area contributed by atoms with Crippen molar-refractivity contribution in [3.63, 3.8) is 0 Å². The first-order valence-corrected chi connectivity index (χ1v) is 11.8. The molecule has 176 valence electrons. The number of aryl methyl sites for hydroxylation is 2. The summed E-state index contributed by atoms with van der Waals surface area (Å²) in [6.07, 6.45) is 4.91. The molecule has 4 nitrogen and oxygen atoms in total. The summed E-state index contributed by atoms with van der Waals surface area (Å²) in [5.74, 6) is 0.165. The Morgan fingerprint density at radius 2 is 1.73 bits per heavy atom. The summed E-state index contributed by atoms with van der Waals surface area (Å²) in [4.78, 5) is 4.83. The van der Waals surface area contributed by atoms with Crippen molar-refractivity contribution in [1.29, 1.82) is 0 Å². The molecule has 4 rings (SSSR count). The van der Waals surface area contributed by atoms with E-state index in [4.69, 9.17) is 0 Å². The quantitative estimate of drug-likeness (QED) is 0.483. The van der Waals surface area contributed by atoms with Crippen LogP contribution in [0, 0.1) is 24.5 Å². The van der Waals surface area contributed by atoms with Gasteiger partial charge in [-0.25, -0.2) is 8.78 Å². The highest BCUT2D eigenvalue weighted by Gasteiger charge is 2.30. The summed E-state index contributed by atoms with van der Waals surface area (Å²) >= 11 is 0. The zero-order chi connectivity index (χ0) is 23.4. The molecule has 1 saturated heterocycles. The summed E-state index contributed by atoms with van der Waals surface area (Å²) < 4.78 is 29.6. The zero-order valence-electron chi connectivity index (χ0n) is 19.8. The van der Waals surface area contributed by atoms with Gasteiger partial charge in [0.05, 0.1) is 5.69 Å². The van der Waals surface area contributed by atoms with Crippen LogP contribution in [0.5, 0.6) is 0 Å². The number of hydrogen-bond donors (Lipinski definition) is 0. The second-order valence-corrected chi connectivity index (χ2v) is 9.43. The van der Waals surface area contributed by atoms with E-state index in [-0.39, 0.29) is 17.7 Å². The number of benzene rings is 2. The van der Waals surface area contributed by atoms with Crippen molar-refractivity contribution in [3.8, 4) is 0 Å². The minimum atomic E-state index is -0.194. The second kappa shape index (κ2) is 10.6. The third kappa shape index (κ3) is 6.06. The van der Waals surface area contributed by atoms with E-state index < -0.39 is 0 Å². The predicted molar refractivity (Wildman–Crippen MR) is 128 cm³/mol. The number of aromatic nitrogens is 2. The lowest BCUT2D eigenvalue weighted by Crippen LogP contribution is -2.45. The first-order valence-electron chi connectivity index (χ1n) is 11.8. The van der Waals surface area contributed by atoms with E-state index in [2.05, 4.69) is 28.1 Å². The highest BCUT2D eigenvalue weighted by molar-refractivity contribution is 5.20. The van der Waals surface area contributed by atoms with Crippen molar-refractivity contribution in [2.75, 3.05) is 20.1 Å². The molecule has 1 fully saturated rings. The average molecular weight is 453 g/mol. The highest BCUT2D eigenvalue weighted by atomic mass is 19.1. The van der Waals surface area contributed by atoms with Gasteiger partial charge in [-0.1, -0.05) is 30.3 Å². The van der Waals surface area contributed by atoms with E-state index in [9.17, 15) is 8.78 Å². The molecule has 1 aliphatic heterocycles. The SMILES string of the molecule is Cc1nn(C)cc1CN(C)[C@@H](Cc1ccccc1F)C1CCN(Cc2ccc(F)cc2)CC1. The molecule has 3 aromatic rings. The van der Waals surface area contributed by atoms with Gasteiger partial charge in [-0.05, 0) is 81.6 Å². The summed E-state index contributed by atoms with van der Waals surface area (Å²) in [6, 6.07) is 14.2. The minimum absolute atomic E-state index is 0.123. The van der Waals surface area contributed by atoms with E-state index in [0.717, 1.165) is 55.8 Å². The molecule has 0 bridgehead atoms. The second-order valence-electron chi connectivity index (χ2n) is 9.43. The molecule has 0 saturated carbocycles. The molecule has 0 amide bonds. The van der Waals surface area contributed by atoms with Crippen molar-refractivity contribution in [1.82, 2.24) is 19.6 Å². The number of likely N-dealkylation sites (tertiary alicyclic amines) is 1. The molecule has 2 heterocycles. The van der Waals surface area contributed by atoms with Crippen molar-refractivity contribution in [2.45, 2.75) is 45.3 Å². The largest absolute Gasteiger partial charge is 0.299 e. The number of nitrogens with zero attached hydrogens (tertiary/aromatic N) is 4. The van der Waals surface area contributed by atoms with Crippen molar-refractivity contribution in [2.24, 2.45) is 13.0 Å². The maximum absolute atomic E-state index is 14.5. The van der Waals surface area contributed by atoms with Crippen molar-refractivity contribution in [3.05, 3.63) is 88.7 Å². The first-order chi connectivity index (χ1) is 15.9. The normalized spacial score (nSPS) is 16.4. The average Bonchev–Trinajstić information content (AvgIpc) is 3.11. The number of hydrogen-bond acceptors (Lipinski definition) is 3. The molecular weight excluding hydrogens is 418 g/mol. The van der Waals surface area contributed by atoms with Crippen LogP contribution in [0.1, 0.15) is 35.2 Å². The van der Waals surface area contributed by atoms with E-state index in [1.807, 2.05) is 42.9 Å². The van der Waals surface area contributed by atoms with Crippen LogP contribution in [0.4, 0.5) is 8.78 Å². The Labute approximate surface area is 195 Å². The highest BCUT2D eigenvalue weighted by Crippen LogP contribution is 2.29. The molecule has 0 unspecified atom stereocenters. The maximum atomic E-state index is 14.5. The number of rotatable bonds is 8. The first kappa shape index (κ1) is 23.6. The van der Waals surface area contributed by atoms with E-state index in [1.165, 1.54) is 17.7 Å². The fourth-order valence-corrected chi connectivity index (χ4v) is 5.11. The number of piperidine rings is 1. The smallest absolute Gasteiger partial charge is 0.126 e. The lowest BCUT2D eigenvalue weighted by molar-refractivity contribution is 0.0948. The van der Waals surface area contributed by atoms with Crippen LogP contribution in [-0.2, 0) is 26.6 Å². The summed E-state index contributed by atoms with van der Waals surface area (Å²) in [6.45, 7) is 5.68. The molecule has 6 heteroatoms. The molecule has 2 aromatic carbocycles. The molecule has 1 aliphatic rings. The minimum Gasteiger partial charge on any atom is -0.299 e. The molecule has 0 spiro atoms. The van der Waals surface area contributed by atoms with E-state index in [0.29, 0.717) is 12.3 Å². The van der Waals surface area contributed by atoms with Gasteiger partial charge in [0.1, 0.15) is 11.6 Å². The molecule has 33 heavy (non-hydrogen) atoms. The van der Waals surface area contributed by atoms with Crippen LogP contribution in [0.3, 0.4) is 0 Å². The maximum Gasteiger partial charge on any atom is 0.126 e. The third-order valence-electron chi connectivity index (χ3n) is 6.98. The van der Waals surface area contributed by atoms with Gasteiger partial charge in [-0.2, -0.15) is 5.10 Å². The van der Waals surface area contributed by atoms with Gasteiger partial charge in [0, 0.05) is 37.9 Å². The Balaban J connectivity index is 1.45. The van der Waals surface area contributed by atoms with Crippen LogP contribution in [0.15, 0.2) is 54.7 Å². The van der Waals surface area contributed by atoms with Gasteiger partial charge in [0.25, 0.3) is 0 Å². The lowest BCUT2D eigenvalue weighted by Gasteiger charge is -2.40. The van der Waals surface area contributed by atoms with Crippen LogP contribution < -0.4 is 0 Å². The molecule has 1 atom stereocenters. The molecule has 1 aromatic heterocycles. The topological polar surface area (TPSA) is 24.3 Å². The van der Waals surface area contributed by atoms with Gasteiger partial charge < -0.3 is 0 Å². The van der Waals surface area contributed by atoms with Crippen LogP contribution >= 0.6 is 0 Å². The van der Waals surface area contributed by atoms with Gasteiger partial charge in [0.2, 0.25) is 0 Å². The zero-order valence-corrected chi connectivity index (χ0v) is 19.8. The Kier molecular flexibility index (Phi) is 7.56. The number of likely N-dealkylation sites (N-methyl/N-ethyl adjacent to an activating group) is 1. The van der Waals surface area contributed by atoms with E-state index in [1.54, 1.807) is 12.1 Å². The number of halogens is 2. The van der Waals surface area contributed by atoms with E-state index >= 15 is 0 Å². The van der Waals surface area contributed by atoms with Crippen molar-refractivity contribution < 1.29 is 8.78 Å². The van der Waals surface area contributed by atoms with Gasteiger partial charge >= 0.3 is 0 Å². The Morgan fingerprint density at radius 1 is 1.03 bits per heavy atom. The predicted octanol–water partition coefficient (Wildman–Crippen LogP) is 4.96. The van der Waals surface area contributed by atoms with Gasteiger partial charge in [0.15, 0.2) is 0 Å². The fraction of sp³-hybridized carbons (Fsp3) is 0.444. The molecular formula is C27H34F2N4. The van der Waals surface area contributed by atoms with Crippen molar-refractivity contribution >= 4 is 0 Å². The summed E-state index contributed by atoms with van der Waals surface area (Å²) in [5.41, 5.74) is 4.18. The Bertz CT molecular complexity index is 1040. The Hall–Kier alpha value is -2.57. The van der Waals surface area contributed by atoms with Gasteiger partial charge in [-0.3, -0.25) is 14.5 Å². The fourth-order valence-electron chi connectivity index (χ4n) is 5.11. The van der Waals surface area contributed by atoms with Crippen LogP contribution in [0.2, 0.25) is 0 Å². The monoisotopic (exact) mass is 452 g/mol. The standard InChI is InChI=1S/C27H34F2N4/c1-20-24(19-32(3)30-20)18-31(2)27(16-23-6-4-5-7-26(23)29)22-12-14-33(15-13-22)17-21-8-10-25(28)11-9-21/h4-11,19,22,27H,12-18H2,1-3H3/t27-/m0/s1. The van der Waals surface area contributed by atoms with Crippen LogP contribution in [-0.4, -0.2) is 45.8 Å². The molecule has 0 N–H and O–H groups in total. The summed E-state index contributed by atoms with van der Waals surface area (Å²) in [5, 5.41) is 4.49. The third-order valence-corrected chi connectivity index (χ3v) is 6.98. The summed E-state index contributed by atoms with van der Waals surface area (Å²) in [7, 11) is 4.10. The van der Waals surface area contributed by atoms with Crippen LogP contribution in [0.25, 0.3) is 0 Å².